The first-order chi connectivity index (χ1) is 17.0. The first-order valence-electron chi connectivity index (χ1n) is 12.2. The molecule has 2 N–H and O–H groups in total. The molecule has 0 saturated carbocycles. The molecule has 8 nitrogen and oxygen atoms in total. The number of nitrogens with zero attached hydrogens (tertiary/aromatic N) is 1. The molecule has 1 atom stereocenters. The van der Waals surface area contributed by atoms with Crippen molar-refractivity contribution < 1.29 is 29.0 Å². The number of hydrogen-bond donors (Lipinski definition) is 2. The number of aliphatic carboxylic acids is 1. The number of fused-ring (bicyclic) bond motifs is 3. The van der Waals surface area contributed by atoms with Crippen molar-refractivity contribution in [3.05, 3.63) is 59.7 Å². The maximum absolute atomic E-state index is 13.6. The van der Waals surface area contributed by atoms with Gasteiger partial charge < -0.3 is 24.8 Å². The van der Waals surface area contributed by atoms with Gasteiger partial charge in [-0.3, -0.25) is 4.79 Å². The van der Waals surface area contributed by atoms with Gasteiger partial charge in [0, 0.05) is 38.5 Å². The van der Waals surface area contributed by atoms with Crippen LogP contribution in [0.15, 0.2) is 48.5 Å². The highest BCUT2D eigenvalue weighted by atomic mass is 16.5. The van der Waals surface area contributed by atoms with Crippen molar-refractivity contribution in [3.8, 4) is 11.1 Å². The van der Waals surface area contributed by atoms with Gasteiger partial charge in [0.2, 0.25) is 5.91 Å². The number of carbonyl (C=O) groups is 3. The van der Waals surface area contributed by atoms with Gasteiger partial charge in [-0.2, -0.15) is 0 Å². The molecule has 8 heteroatoms. The summed E-state index contributed by atoms with van der Waals surface area (Å²) < 4.78 is 11.2. The summed E-state index contributed by atoms with van der Waals surface area (Å²) in [5.74, 6) is -1.46. The third-order valence-corrected chi connectivity index (χ3v) is 7.49. The van der Waals surface area contributed by atoms with Gasteiger partial charge in [0.15, 0.2) is 0 Å². The van der Waals surface area contributed by atoms with Gasteiger partial charge in [0.1, 0.15) is 18.2 Å². The topological polar surface area (TPSA) is 105 Å². The van der Waals surface area contributed by atoms with E-state index in [2.05, 4.69) is 17.4 Å². The summed E-state index contributed by atoms with van der Waals surface area (Å²) in [7, 11) is 0. The summed E-state index contributed by atoms with van der Waals surface area (Å²) in [6, 6.07) is 15.3. The van der Waals surface area contributed by atoms with Crippen molar-refractivity contribution in [1.29, 1.82) is 0 Å². The van der Waals surface area contributed by atoms with Gasteiger partial charge in [-0.05, 0) is 41.5 Å². The predicted molar refractivity (Wildman–Crippen MR) is 128 cm³/mol. The number of nitrogens with one attached hydrogen (secondary N) is 1. The monoisotopic (exact) mass is 478 g/mol. The van der Waals surface area contributed by atoms with Gasteiger partial charge >= 0.3 is 12.1 Å². The molecule has 0 radical (unpaired) electrons. The fourth-order valence-electron chi connectivity index (χ4n) is 5.65. The normalized spacial score (nSPS) is 21.0. The average Bonchev–Trinajstić information content (AvgIpc) is 3.21. The van der Waals surface area contributed by atoms with Crippen molar-refractivity contribution >= 4 is 18.0 Å². The Morgan fingerprint density at radius 1 is 1.00 bits per heavy atom. The molecule has 184 valence electrons. The second-order valence-electron chi connectivity index (χ2n) is 9.49. The molecule has 0 unspecified atom stereocenters. The highest BCUT2D eigenvalue weighted by molar-refractivity contribution is 5.93. The van der Waals surface area contributed by atoms with Gasteiger partial charge in [-0.25, -0.2) is 9.59 Å². The number of carbonyl (C=O) groups excluding carboxylic acids is 2. The Balaban J connectivity index is 1.32. The molecule has 2 amide bonds. The lowest BCUT2D eigenvalue weighted by molar-refractivity contribution is -0.157. The Morgan fingerprint density at radius 3 is 2.26 bits per heavy atom. The first-order valence-corrected chi connectivity index (χ1v) is 12.2. The maximum atomic E-state index is 13.6. The molecule has 0 aromatic heterocycles. The van der Waals surface area contributed by atoms with Crippen molar-refractivity contribution in [3.63, 3.8) is 0 Å². The van der Waals surface area contributed by atoms with E-state index in [0.717, 1.165) is 35.1 Å². The lowest BCUT2D eigenvalue weighted by atomic mass is 9.86. The minimum atomic E-state index is -1.23. The number of piperidine rings is 1. The highest BCUT2D eigenvalue weighted by Gasteiger charge is 2.47. The molecule has 3 aliphatic rings. The molecular weight excluding hydrogens is 448 g/mol. The van der Waals surface area contributed by atoms with E-state index in [1.807, 2.05) is 36.4 Å². The van der Waals surface area contributed by atoms with E-state index in [4.69, 9.17) is 9.47 Å². The molecule has 2 heterocycles. The second-order valence-corrected chi connectivity index (χ2v) is 9.49. The molecular formula is C27H30N2O6. The lowest BCUT2D eigenvalue weighted by Gasteiger charge is -2.43. The minimum absolute atomic E-state index is 0.0898. The van der Waals surface area contributed by atoms with Crippen molar-refractivity contribution in [2.75, 3.05) is 26.4 Å². The summed E-state index contributed by atoms with van der Waals surface area (Å²) in [6.45, 7) is 1.12. The molecule has 0 spiro atoms. The summed E-state index contributed by atoms with van der Waals surface area (Å²) in [6.07, 6.45) is 1.80. The Kier molecular flexibility index (Phi) is 6.47. The SMILES string of the molecule is O=C(NC1(C(=O)N2CCCC[C@@H]2C(=O)O)CCOCC1)OCC1c2ccccc2-c2ccccc21. The van der Waals surface area contributed by atoms with Crippen LogP contribution in [0.4, 0.5) is 4.79 Å². The number of hydrogen-bond acceptors (Lipinski definition) is 5. The van der Waals surface area contributed by atoms with Crippen molar-refractivity contribution in [2.24, 2.45) is 0 Å². The number of likely N-dealkylation sites (tertiary alicyclic amines) is 1. The third-order valence-electron chi connectivity index (χ3n) is 7.49. The second kappa shape index (κ2) is 9.70. The van der Waals surface area contributed by atoms with Crippen LogP contribution < -0.4 is 5.32 Å². The van der Waals surface area contributed by atoms with E-state index in [1.165, 1.54) is 4.90 Å². The Labute approximate surface area is 204 Å². The van der Waals surface area contributed by atoms with E-state index >= 15 is 0 Å². The van der Waals surface area contributed by atoms with E-state index in [-0.39, 0.29) is 31.3 Å². The van der Waals surface area contributed by atoms with Crippen LogP contribution in [0.1, 0.15) is 49.1 Å². The van der Waals surface area contributed by atoms with E-state index in [1.54, 1.807) is 0 Å². The Morgan fingerprint density at radius 2 is 1.63 bits per heavy atom. The van der Waals surface area contributed by atoms with Crippen LogP contribution in [0.2, 0.25) is 0 Å². The Bertz CT molecular complexity index is 1080. The van der Waals surface area contributed by atoms with Crippen LogP contribution in [0.25, 0.3) is 11.1 Å². The van der Waals surface area contributed by atoms with E-state index < -0.39 is 23.6 Å². The smallest absolute Gasteiger partial charge is 0.408 e. The molecule has 2 aliphatic heterocycles. The number of rotatable bonds is 5. The summed E-state index contributed by atoms with van der Waals surface area (Å²) in [5, 5.41) is 12.5. The van der Waals surface area contributed by atoms with Crippen LogP contribution in [0, 0.1) is 0 Å². The number of benzene rings is 2. The van der Waals surface area contributed by atoms with Crippen LogP contribution in [-0.4, -0.2) is 65.9 Å². The number of alkyl carbamates (subject to hydrolysis) is 1. The molecule has 5 rings (SSSR count). The number of ether oxygens (including phenoxy) is 2. The molecule has 2 saturated heterocycles. The number of carboxylic acid groups (broad SMARTS) is 1. The van der Waals surface area contributed by atoms with Crippen LogP contribution in [-0.2, 0) is 19.1 Å². The van der Waals surface area contributed by atoms with Gasteiger partial charge in [-0.1, -0.05) is 48.5 Å². The van der Waals surface area contributed by atoms with Gasteiger partial charge in [0.05, 0.1) is 0 Å². The zero-order valence-electron chi connectivity index (χ0n) is 19.6. The molecule has 35 heavy (non-hydrogen) atoms. The number of amides is 2. The summed E-state index contributed by atoms with van der Waals surface area (Å²) >= 11 is 0. The van der Waals surface area contributed by atoms with Crippen LogP contribution in [0.3, 0.4) is 0 Å². The molecule has 1 aliphatic carbocycles. The third kappa shape index (κ3) is 4.38. The molecule has 2 aromatic rings. The van der Waals surface area contributed by atoms with Crippen LogP contribution in [0.5, 0.6) is 0 Å². The largest absolute Gasteiger partial charge is 0.480 e. The van der Waals surface area contributed by atoms with Crippen molar-refractivity contribution in [1.82, 2.24) is 10.2 Å². The zero-order chi connectivity index (χ0) is 24.4. The van der Waals surface area contributed by atoms with Gasteiger partial charge in [-0.15, -0.1) is 0 Å². The summed E-state index contributed by atoms with van der Waals surface area (Å²) in [5.41, 5.74) is 3.26. The van der Waals surface area contributed by atoms with Crippen molar-refractivity contribution in [2.45, 2.75) is 49.6 Å². The standard InChI is InChI=1S/C27H30N2O6/c30-24(31)23-11-5-6-14-29(23)25(32)27(12-15-34-16-13-27)28-26(33)35-17-22-20-9-3-1-7-18(20)19-8-2-4-10-21(19)22/h1-4,7-10,22-23H,5-6,11-17H2,(H,28,33)(H,30,31)/t23-/m1/s1. The highest BCUT2D eigenvalue weighted by Crippen LogP contribution is 2.44. The molecule has 2 aromatic carbocycles. The van der Waals surface area contributed by atoms with E-state index in [0.29, 0.717) is 26.2 Å². The summed E-state index contributed by atoms with van der Waals surface area (Å²) in [4.78, 5) is 39.9. The fourth-order valence-corrected chi connectivity index (χ4v) is 5.65. The zero-order valence-corrected chi connectivity index (χ0v) is 19.6. The first kappa shape index (κ1) is 23.4. The maximum Gasteiger partial charge on any atom is 0.408 e. The Hall–Kier alpha value is -3.39. The lowest BCUT2D eigenvalue weighted by Crippen LogP contribution is -2.65. The van der Waals surface area contributed by atoms with Gasteiger partial charge in [0.25, 0.3) is 0 Å². The molecule has 0 bridgehead atoms. The minimum Gasteiger partial charge on any atom is -0.480 e. The quantitative estimate of drug-likeness (QED) is 0.681. The van der Waals surface area contributed by atoms with Crippen LogP contribution >= 0.6 is 0 Å². The number of carboxylic acids is 1. The predicted octanol–water partition coefficient (Wildman–Crippen LogP) is 3.54. The molecule has 2 fully saturated rings. The van der Waals surface area contributed by atoms with E-state index in [9.17, 15) is 19.5 Å². The fraction of sp³-hybridized carbons (Fsp3) is 0.444. The average molecular weight is 479 g/mol.